The molecular weight excluding hydrogens is 328 g/mol. The van der Waals surface area contributed by atoms with Crippen molar-refractivity contribution in [3.63, 3.8) is 0 Å². The lowest BCUT2D eigenvalue weighted by atomic mass is 9.89. The first-order valence-corrected chi connectivity index (χ1v) is 9.13. The second kappa shape index (κ2) is 7.13. The van der Waals surface area contributed by atoms with Crippen molar-refractivity contribution in [3.05, 3.63) is 54.1 Å². The number of piperidine rings is 1. The molecule has 0 N–H and O–H groups in total. The molecule has 136 valence electrons. The number of likely N-dealkylation sites (tertiary alicyclic amines) is 1. The second-order valence-electron chi connectivity index (χ2n) is 7.21. The quantitative estimate of drug-likeness (QED) is 0.847. The Morgan fingerprint density at radius 1 is 1.19 bits per heavy atom. The van der Waals surface area contributed by atoms with Gasteiger partial charge in [-0.05, 0) is 44.0 Å². The van der Waals surface area contributed by atoms with Crippen molar-refractivity contribution < 1.29 is 9.53 Å². The molecule has 2 fully saturated rings. The second-order valence-corrected chi connectivity index (χ2v) is 7.21. The molecule has 0 aliphatic carbocycles. The Balaban J connectivity index is 1.40. The molecule has 2 aliphatic heterocycles. The van der Waals surface area contributed by atoms with E-state index in [1.54, 1.807) is 12.4 Å². The fourth-order valence-electron chi connectivity index (χ4n) is 3.80. The van der Waals surface area contributed by atoms with E-state index in [2.05, 4.69) is 27.0 Å². The number of aromatic nitrogens is 2. The predicted octanol–water partition coefficient (Wildman–Crippen LogP) is 2.18. The van der Waals surface area contributed by atoms with E-state index < -0.39 is 0 Å². The number of morpholine rings is 1. The molecule has 4 heterocycles. The van der Waals surface area contributed by atoms with Gasteiger partial charge in [-0.15, -0.1) is 0 Å². The molecule has 4 rings (SSSR count). The fourth-order valence-corrected chi connectivity index (χ4v) is 3.80. The number of rotatable bonds is 3. The van der Waals surface area contributed by atoms with Crippen LogP contribution in [0.5, 0.6) is 0 Å². The highest BCUT2D eigenvalue weighted by molar-refractivity contribution is 5.95. The number of carbonyl (C=O) groups excluding carboxylic acids is 1. The maximum absolute atomic E-state index is 12.3. The standard InChI is InChI=1S/C20H24N4O2/c1-16-4-2-5-17(22-16)13-23-10-7-20(8-11-23)15-24(19(25)14-26-20)18-6-3-9-21-12-18/h2-6,9,12H,7-8,10-11,13-15H2,1H3. The van der Waals surface area contributed by atoms with Crippen LogP contribution in [0.4, 0.5) is 5.69 Å². The van der Waals surface area contributed by atoms with Gasteiger partial charge < -0.3 is 9.64 Å². The number of carbonyl (C=O) groups is 1. The highest BCUT2D eigenvalue weighted by atomic mass is 16.5. The summed E-state index contributed by atoms with van der Waals surface area (Å²) in [7, 11) is 0. The third-order valence-electron chi connectivity index (χ3n) is 5.31. The van der Waals surface area contributed by atoms with Crippen molar-refractivity contribution in [2.24, 2.45) is 0 Å². The predicted molar refractivity (Wildman–Crippen MR) is 98.8 cm³/mol. The molecule has 1 spiro atoms. The molecule has 2 aromatic heterocycles. The van der Waals surface area contributed by atoms with E-state index in [9.17, 15) is 4.79 Å². The normalized spacial score (nSPS) is 20.5. The van der Waals surface area contributed by atoms with Gasteiger partial charge in [0.2, 0.25) is 0 Å². The molecule has 1 amide bonds. The van der Waals surface area contributed by atoms with Gasteiger partial charge in [0.1, 0.15) is 6.61 Å². The van der Waals surface area contributed by atoms with Crippen molar-refractivity contribution >= 4 is 11.6 Å². The number of anilines is 1. The van der Waals surface area contributed by atoms with E-state index in [4.69, 9.17) is 4.74 Å². The van der Waals surface area contributed by atoms with Crippen molar-refractivity contribution in [2.45, 2.75) is 31.9 Å². The number of aryl methyl sites for hydroxylation is 1. The van der Waals surface area contributed by atoms with Crippen molar-refractivity contribution in [1.29, 1.82) is 0 Å². The SMILES string of the molecule is Cc1cccc(CN2CCC3(CC2)CN(c2cccnc2)C(=O)CO3)n1. The number of ether oxygens (including phenoxy) is 1. The topological polar surface area (TPSA) is 58.6 Å². The summed E-state index contributed by atoms with van der Waals surface area (Å²) in [6, 6.07) is 9.96. The average Bonchev–Trinajstić information content (AvgIpc) is 2.67. The van der Waals surface area contributed by atoms with Gasteiger partial charge in [-0.2, -0.15) is 0 Å². The van der Waals surface area contributed by atoms with E-state index in [-0.39, 0.29) is 18.1 Å². The van der Waals surface area contributed by atoms with Crippen LogP contribution in [-0.4, -0.2) is 52.6 Å². The van der Waals surface area contributed by atoms with Crippen LogP contribution in [0.2, 0.25) is 0 Å². The molecular formula is C20H24N4O2. The maximum Gasteiger partial charge on any atom is 0.253 e. The zero-order valence-electron chi connectivity index (χ0n) is 15.1. The molecule has 0 radical (unpaired) electrons. The summed E-state index contributed by atoms with van der Waals surface area (Å²) < 4.78 is 6.03. The summed E-state index contributed by atoms with van der Waals surface area (Å²) in [5.41, 5.74) is 2.77. The summed E-state index contributed by atoms with van der Waals surface area (Å²) >= 11 is 0. The van der Waals surface area contributed by atoms with Crippen LogP contribution in [0, 0.1) is 6.92 Å². The molecule has 0 atom stereocenters. The van der Waals surface area contributed by atoms with Crippen LogP contribution in [0.3, 0.4) is 0 Å². The number of nitrogens with zero attached hydrogens (tertiary/aromatic N) is 4. The summed E-state index contributed by atoms with van der Waals surface area (Å²) in [5, 5.41) is 0. The Kier molecular flexibility index (Phi) is 4.70. The van der Waals surface area contributed by atoms with Crippen LogP contribution in [0.15, 0.2) is 42.7 Å². The maximum atomic E-state index is 12.3. The van der Waals surface area contributed by atoms with Gasteiger partial charge in [0, 0.05) is 31.5 Å². The Hall–Kier alpha value is -2.31. The molecule has 2 aliphatic rings. The van der Waals surface area contributed by atoms with Crippen molar-refractivity contribution in [1.82, 2.24) is 14.9 Å². The minimum absolute atomic E-state index is 0.00927. The van der Waals surface area contributed by atoms with E-state index in [0.29, 0.717) is 6.54 Å². The van der Waals surface area contributed by atoms with Crippen LogP contribution in [-0.2, 0) is 16.1 Å². The average molecular weight is 352 g/mol. The van der Waals surface area contributed by atoms with Crippen LogP contribution >= 0.6 is 0 Å². The molecule has 2 saturated heterocycles. The molecule has 0 aromatic carbocycles. The number of pyridine rings is 2. The van der Waals surface area contributed by atoms with Crippen molar-refractivity contribution in [2.75, 3.05) is 31.1 Å². The molecule has 6 nitrogen and oxygen atoms in total. The number of amides is 1. The van der Waals surface area contributed by atoms with E-state index in [1.165, 1.54) is 0 Å². The monoisotopic (exact) mass is 352 g/mol. The van der Waals surface area contributed by atoms with E-state index in [0.717, 1.165) is 49.6 Å². The molecule has 0 unspecified atom stereocenters. The Morgan fingerprint density at radius 2 is 2.04 bits per heavy atom. The third-order valence-corrected chi connectivity index (χ3v) is 5.31. The lowest BCUT2D eigenvalue weighted by molar-refractivity contribution is -0.145. The fraction of sp³-hybridized carbons (Fsp3) is 0.450. The molecule has 2 aromatic rings. The van der Waals surface area contributed by atoms with Gasteiger partial charge >= 0.3 is 0 Å². The van der Waals surface area contributed by atoms with Crippen molar-refractivity contribution in [3.8, 4) is 0 Å². The zero-order chi connectivity index (χ0) is 18.0. The van der Waals surface area contributed by atoms with Gasteiger partial charge in [0.25, 0.3) is 5.91 Å². The van der Waals surface area contributed by atoms with Crippen LogP contribution < -0.4 is 4.90 Å². The highest BCUT2D eigenvalue weighted by Crippen LogP contribution is 2.32. The van der Waals surface area contributed by atoms with Crippen LogP contribution in [0.1, 0.15) is 24.2 Å². The number of hydrogen-bond donors (Lipinski definition) is 0. The first-order chi connectivity index (χ1) is 12.6. The summed E-state index contributed by atoms with van der Waals surface area (Å²) in [6.07, 6.45) is 5.31. The Morgan fingerprint density at radius 3 is 2.77 bits per heavy atom. The van der Waals surface area contributed by atoms with Gasteiger partial charge in [-0.3, -0.25) is 19.7 Å². The summed E-state index contributed by atoms with van der Waals surface area (Å²) in [4.78, 5) is 25.3. The minimum atomic E-state index is -0.250. The molecule has 0 bridgehead atoms. The minimum Gasteiger partial charge on any atom is -0.363 e. The van der Waals surface area contributed by atoms with Gasteiger partial charge in [0.15, 0.2) is 0 Å². The molecule has 0 saturated carbocycles. The summed E-state index contributed by atoms with van der Waals surface area (Å²) in [5.74, 6) is 0.00927. The number of hydrogen-bond acceptors (Lipinski definition) is 5. The Labute approximate surface area is 153 Å². The first-order valence-electron chi connectivity index (χ1n) is 9.13. The largest absolute Gasteiger partial charge is 0.363 e. The van der Waals surface area contributed by atoms with Gasteiger partial charge in [-0.1, -0.05) is 6.07 Å². The summed E-state index contributed by atoms with van der Waals surface area (Å²) in [6.45, 7) is 5.54. The van der Waals surface area contributed by atoms with E-state index in [1.807, 2.05) is 30.0 Å². The zero-order valence-corrected chi connectivity index (χ0v) is 15.1. The third kappa shape index (κ3) is 3.61. The lowest BCUT2D eigenvalue weighted by Crippen LogP contribution is -2.58. The van der Waals surface area contributed by atoms with Gasteiger partial charge in [0.05, 0.1) is 29.7 Å². The molecule has 26 heavy (non-hydrogen) atoms. The smallest absolute Gasteiger partial charge is 0.253 e. The van der Waals surface area contributed by atoms with Gasteiger partial charge in [-0.25, -0.2) is 0 Å². The first kappa shape index (κ1) is 17.1. The van der Waals surface area contributed by atoms with Crippen LogP contribution in [0.25, 0.3) is 0 Å². The highest BCUT2D eigenvalue weighted by Gasteiger charge is 2.42. The van der Waals surface area contributed by atoms with E-state index >= 15 is 0 Å². The molecule has 6 heteroatoms. The Bertz CT molecular complexity index is 772. The lowest BCUT2D eigenvalue weighted by Gasteiger charge is -2.46.